The van der Waals surface area contributed by atoms with Crippen molar-refractivity contribution in [1.29, 1.82) is 0 Å². The second-order valence-electron chi connectivity index (χ2n) is 8.73. The first kappa shape index (κ1) is 23.4. The number of rotatable bonds is 7. The lowest BCUT2D eigenvalue weighted by Gasteiger charge is -2.31. The van der Waals surface area contributed by atoms with Crippen molar-refractivity contribution in [3.8, 4) is 0 Å². The van der Waals surface area contributed by atoms with E-state index in [0.29, 0.717) is 50.2 Å². The van der Waals surface area contributed by atoms with Crippen molar-refractivity contribution in [2.45, 2.75) is 50.9 Å². The maximum absolute atomic E-state index is 13.7. The standard InChI is InChI=1S/C23H26F4N4O2/c24-19-4-2-1-3-15(19)7-10-28-21(32)17-8-11-30(12-9-17)14-31-22(33)18(23(25,26)27)13-20(29-31)16-5-6-16/h1-4,13,16-17H,5-12,14H2,(H,28,32). The number of hydrogen-bond acceptors (Lipinski definition) is 4. The van der Waals surface area contributed by atoms with E-state index in [0.717, 1.165) is 23.6 Å². The van der Waals surface area contributed by atoms with Crippen molar-refractivity contribution in [3.63, 3.8) is 0 Å². The molecule has 1 saturated carbocycles. The van der Waals surface area contributed by atoms with E-state index in [1.54, 1.807) is 18.2 Å². The van der Waals surface area contributed by atoms with Crippen LogP contribution in [0.1, 0.15) is 48.4 Å². The van der Waals surface area contributed by atoms with Gasteiger partial charge in [-0.25, -0.2) is 9.07 Å². The highest BCUT2D eigenvalue weighted by molar-refractivity contribution is 5.78. The van der Waals surface area contributed by atoms with Crippen LogP contribution in [-0.4, -0.2) is 40.2 Å². The zero-order valence-electron chi connectivity index (χ0n) is 18.1. The summed E-state index contributed by atoms with van der Waals surface area (Å²) in [7, 11) is 0. The van der Waals surface area contributed by atoms with Gasteiger partial charge in [-0.3, -0.25) is 14.5 Å². The van der Waals surface area contributed by atoms with Crippen LogP contribution in [0.15, 0.2) is 35.1 Å². The predicted octanol–water partition coefficient (Wildman–Crippen LogP) is 3.31. The molecule has 178 valence electrons. The van der Waals surface area contributed by atoms with Crippen LogP contribution in [0.3, 0.4) is 0 Å². The van der Waals surface area contributed by atoms with Gasteiger partial charge in [-0.2, -0.15) is 18.3 Å². The average molecular weight is 466 g/mol. The molecule has 2 aromatic rings. The van der Waals surface area contributed by atoms with Gasteiger partial charge in [0.15, 0.2) is 0 Å². The van der Waals surface area contributed by atoms with E-state index in [2.05, 4.69) is 10.4 Å². The van der Waals surface area contributed by atoms with Crippen LogP contribution in [0.2, 0.25) is 0 Å². The first-order valence-electron chi connectivity index (χ1n) is 11.1. The van der Waals surface area contributed by atoms with Crippen LogP contribution in [0.5, 0.6) is 0 Å². The van der Waals surface area contributed by atoms with Crippen LogP contribution in [0, 0.1) is 11.7 Å². The van der Waals surface area contributed by atoms with E-state index in [9.17, 15) is 27.2 Å². The zero-order valence-corrected chi connectivity index (χ0v) is 18.1. The monoisotopic (exact) mass is 466 g/mol. The van der Waals surface area contributed by atoms with Gasteiger partial charge in [0, 0.05) is 31.5 Å². The van der Waals surface area contributed by atoms with Crippen LogP contribution in [-0.2, 0) is 24.1 Å². The van der Waals surface area contributed by atoms with Crippen molar-refractivity contribution in [2.24, 2.45) is 5.92 Å². The van der Waals surface area contributed by atoms with Crippen LogP contribution in [0.25, 0.3) is 0 Å². The molecule has 0 atom stereocenters. The van der Waals surface area contributed by atoms with Crippen molar-refractivity contribution < 1.29 is 22.4 Å². The fourth-order valence-corrected chi connectivity index (χ4v) is 4.13. The van der Waals surface area contributed by atoms with Gasteiger partial charge in [0.1, 0.15) is 11.4 Å². The summed E-state index contributed by atoms with van der Waals surface area (Å²) >= 11 is 0. The van der Waals surface area contributed by atoms with Crippen molar-refractivity contribution in [1.82, 2.24) is 20.0 Å². The number of aromatic nitrogens is 2. The summed E-state index contributed by atoms with van der Waals surface area (Å²) in [6.07, 6.45) is -1.73. The molecule has 2 heterocycles. The highest BCUT2D eigenvalue weighted by Crippen LogP contribution is 2.40. The molecule has 0 unspecified atom stereocenters. The molecule has 1 amide bonds. The molecule has 10 heteroatoms. The lowest BCUT2D eigenvalue weighted by Crippen LogP contribution is -2.44. The molecule has 0 radical (unpaired) electrons. The third-order valence-corrected chi connectivity index (χ3v) is 6.24. The van der Waals surface area contributed by atoms with Gasteiger partial charge < -0.3 is 5.32 Å². The topological polar surface area (TPSA) is 67.2 Å². The number of nitrogens with zero attached hydrogens (tertiary/aromatic N) is 3. The number of nitrogens with one attached hydrogen (secondary N) is 1. The highest BCUT2D eigenvalue weighted by atomic mass is 19.4. The Morgan fingerprint density at radius 2 is 1.82 bits per heavy atom. The van der Waals surface area contributed by atoms with Crippen molar-refractivity contribution in [2.75, 3.05) is 19.6 Å². The molecule has 33 heavy (non-hydrogen) atoms. The predicted molar refractivity (Wildman–Crippen MR) is 113 cm³/mol. The molecule has 1 aliphatic carbocycles. The summed E-state index contributed by atoms with van der Waals surface area (Å²) in [5.41, 5.74) is -1.47. The molecule has 1 aromatic carbocycles. The molecule has 2 fully saturated rings. The number of alkyl halides is 3. The molecule has 6 nitrogen and oxygen atoms in total. The van der Waals surface area contributed by atoms with E-state index in [-0.39, 0.29) is 30.2 Å². The highest BCUT2D eigenvalue weighted by Gasteiger charge is 2.38. The zero-order chi connectivity index (χ0) is 23.6. The molecule has 1 aliphatic heterocycles. The van der Waals surface area contributed by atoms with E-state index in [1.807, 2.05) is 4.90 Å². The number of carbonyl (C=O) groups is 1. The summed E-state index contributed by atoms with van der Waals surface area (Å²) in [5.74, 6) is -0.661. The van der Waals surface area contributed by atoms with E-state index < -0.39 is 17.3 Å². The summed E-state index contributed by atoms with van der Waals surface area (Å²) in [6, 6.07) is 7.30. The maximum Gasteiger partial charge on any atom is 0.421 e. The number of likely N-dealkylation sites (tertiary alicyclic amines) is 1. The fraction of sp³-hybridized carbons (Fsp3) is 0.522. The second-order valence-corrected chi connectivity index (χ2v) is 8.73. The summed E-state index contributed by atoms with van der Waals surface area (Å²) < 4.78 is 54.6. The van der Waals surface area contributed by atoms with E-state index in [1.165, 1.54) is 6.07 Å². The van der Waals surface area contributed by atoms with Gasteiger partial charge in [0.05, 0.1) is 12.4 Å². The molecule has 2 aliphatic rings. The molecule has 1 saturated heterocycles. The van der Waals surface area contributed by atoms with E-state index >= 15 is 0 Å². The summed E-state index contributed by atoms with van der Waals surface area (Å²) in [5, 5.41) is 7.02. The van der Waals surface area contributed by atoms with Gasteiger partial charge in [-0.15, -0.1) is 0 Å². The number of hydrogen-bond donors (Lipinski definition) is 1. The van der Waals surface area contributed by atoms with Gasteiger partial charge in [0.2, 0.25) is 5.91 Å². The number of amides is 1. The second kappa shape index (κ2) is 9.62. The maximum atomic E-state index is 13.7. The van der Waals surface area contributed by atoms with Gasteiger partial charge in [0.25, 0.3) is 5.56 Å². The van der Waals surface area contributed by atoms with E-state index in [4.69, 9.17) is 0 Å². The molecule has 1 N–H and O–H groups in total. The molecule has 4 rings (SSSR count). The normalized spacial score (nSPS) is 17.8. The summed E-state index contributed by atoms with van der Waals surface area (Å²) in [6.45, 7) is 1.22. The Hall–Kier alpha value is -2.75. The molecular weight excluding hydrogens is 440 g/mol. The van der Waals surface area contributed by atoms with Gasteiger partial charge in [-0.1, -0.05) is 18.2 Å². The van der Waals surface area contributed by atoms with Crippen molar-refractivity contribution in [3.05, 3.63) is 63.3 Å². The Kier molecular flexibility index (Phi) is 6.83. The first-order valence-corrected chi connectivity index (χ1v) is 11.1. The third kappa shape index (κ3) is 5.79. The quantitative estimate of drug-likeness (QED) is 0.636. The molecular formula is C23H26F4N4O2. The van der Waals surface area contributed by atoms with Crippen LogP contribution < -0.4 is 10.9 Å². The minimum atomic E-state index is -4.72. The minimum absolute atomic E-state index is 0.0169. The molecule has 0 bridgehead atoms. The summed E-state index contributed by atoms with van der Waals surface area (Å²) in [4.78, 5) is 26.7. The Labute approximate surface area is 188 Å². The Morgan fingerprint density at radius 3 is 2.45 bits per heavy atom. The minimum Gasteiger partial charge on any atom is -0.356 e. The fourth-order valence-electron chi connectivity index (χ4n) is 4.13. The smallest absolute Gasteiger partial charge is 0.356 e. The largest absolute Gasteiger partial charge is 0.421 e. The van der Waals surface area contributed by atoms with Crippen LogP contribution >= 0.6 is 0 Å². The van der Waals surface area contributed by atoms with Crippen molar-refractivity contribution >= 4 is 5.91 Å². The number of carbonyl (C=O) groups excluding carboxylic acids is 1. The van der Waals surface area contributed by atoms with Gasteiger partial charge >= 0.3 is 6.18 Å². The lowest BCUT2D eigenvalue weighted by molar-refractivity contribution is -0.139. The number of benzene rings is 1. The number of piperidine rings is 1. The average Bonchev–Trinajstić information content (AvgIpc) is 3.61. The Balaban J connectivity index is 1.31. The SMILES string of the molecule is O=C(NCCc1ccccc1F)C1CCN(Cn2nc(C3CC3)cc(C(F)(F)F)c2=O)CC1. The third-order valence-electron chi connectivity index (χ3n) is 6.24. The van der Waals surface area contributed by atoms with Gasteiger partial charge in [-0.05, 0) is 49.8 Å². The Morgan fingerprint density at radius 1 is 1.12 bits per heavy atom. The first-order chi connectivity index (χ1) is 15.7. The lowest BCUT2D eigenvalue weighted by atomic mass is 9.96. The molecule has 0 spiro atoms. The van der Waals surface area contributed by atoms with Crippen LogP contribution in [0.4, 0.5) is 17.6 Å². The number of halogens is 4. The molecule has 1 aromatic heterocycles. The Bertz CT molecular complexity index is 1060.